The third-order valence-electron chi connectivity index (χ3n) is 8.34. The molecule has 1 aromatic heterocycles. The predicted molar refractivity (Wildman–Crippen MR) is 150 cm³/mol. The van der Waals surface area contributed by atoms with Crippen molar-refractivity contribution in [2.45, 2.75) is 83.7 Å². The number of aromatic nitrogens is 2. The van der Waals surface area contributed by atoms with Crippen molar-refractivity contribution in [1.82, 2.24) is 9.97 Å². The highest BCUT2D eigenvalue weighted by Gasteiger charge is 2.49. The molecular weight excluding hydrogens is 501 g/mol. The Bertz CT molecular complexity index is 1240. The van der Waals surface area contributed by atoms with Gasteiger partial charge >= 0.3 is 0 Å². The summed E-state index contributed by atoms with van der Waals surface area (Å²) in [7, 11) is -2.05. The summed E-state index contributed by atoms with van der Waals surface area (Å²) in [6, 6.07) is 5.34. The predicted octanol–water partition coefficient (Wildman–Crippen LogP) is 5.50. The van der Waals surface area contributed by atoms with Crippen molar-refractivity contribution < 1.29 is 18.3 Å². The number of nitrogens with one attached hydrogen (secondary N) is 1. The molecular formula is C28H40FN5O3Si. The fourth-order valence-corrected chi connectivity index (χ4v) is 5.62. The van der Waals surface area contributed by atoms with Gasteiger partial charge in [0.15, 0.2) is 14.1 Å². The normalized spacial score (nSPS) is 19.6. The largest absolute Gasteiger partial charge is 0.409 e. The van der Waals surface area contributed by atoms with E-state index >= 15 is 4.39 Å². The number of halogens is 1. The molecule has 2 aliphatic heterocycles. The van der Waals surface area contributed by atoms with Crippen molar-refractivity contribution >= 4 is 37.2 Å². The maximum Gasteiger partial charge on any atom is 0.243 e. The first-order chi connectivity index (χ1) is 17.8. The van der Waals surface area contributed by atoms with Crippen LogP contribution in [0.25, 0.3) is 0 Å². The quantitative estimate of drug-likeness (QED) is 0.464. The number of carbonyl (C=O) groups is 1. The molecule has 0 atom stereocenters. The number of morpholine rings is 1. The van der Waals surface area contributed by atoms with E-state index in [0.717, 1.165) is 18.4 Å². The molecule has 0 radical (unpaired) electrons. The number of fused-ring (bicyclic) bond motifs is 1. The van der Waals surface area contributed by atoms with E-state index in [1.807, 2.05) is 18.7 Å². The van der Waals surface area contributed by atoms with Crippen LogP contribution in [0.15, 0.2) is 18.2 Å². The molecule has 2 aromatic rings. The number of hydrogen-bond donors (Lipinski definition) is 1. The van der Waals surface area contributed by atoms with Gasteiger partial charge in [0.25, 0.3) is 0 Å². The molecule has 0 spiro atoms. The van der Waals surface area contributed by atoms with E-state index in [2.05, 4.69) is 39.2 Å². The molecule has 2 fully saturated rings. The van der Waals surface area contributed by atoms with Crippen LogP contribution in [0.2, 0.25) is 18.1 Å². The van der Waals surface area contributed by atoms with E-state index < -0.39 is 13.7 Å². The first-order valence-corrected chi connectivity index (χ1v) is 16.5. The molecule has 3 heterocycles. The molecule has 1 saturated heterocycles. The summed E-state index contributed by atoms with van der Waals surface area (Å²) in [5.74, 6) is 1.19. The zero-order valence-corrected chi connectivity index (χ0v) is 24.7. The summed E-state index contributed by atoms with van der Waals surface area (Å²) < 4.78 is 27.3. The highest BCUT2D eigenvalue weighted by Crippen LogP contribution is 2.48. The number of rotatable bonds is 7. The van der Waals surface area contributed by atoms with Gasteiger partial charge in [-0.3, -0.25) is 9.69 Å². The second-order valence-corrected chi connectivity index (χ2v) is 17.5. The average molecular weight is 542 g/mol. The fourth-order valence-electron chi connectivity index (χ4n) is 4.70. The minimum atomic E-state index is -2.05. The summed E-state index contributed by atoms with van der Waals surface area (Å²) in [5, 5.41) is 3.57. The van der Waals surface area contributed by atoms with Gasteiger partial charge in [0.05, 0.1) is 42.2 Å². The van der Waals surface area contributed by atoms with Crippen molar-refractivity contribution in [3.63, 3.8) is 0 Å². The van der Waals surface area contributed by atoms with Gasteiger partial charge in [-0.2, -0.15) is 0 Å². The van der Waals surface area contributed by atoms with Gasteiger partial charge in [0.2, 0.25) is 5.91 Å². The van der Waals surface area contributed by atoms with Crippen LogP contribution in [0.4, 0.5) is 27.4 Å². The molecule has 1 aliphatic carbocycles. The lowest BCUT2D eigenvalue weighted by Crippen LogP contribution is -2.40. The van der Waals surface area contributed by atoms with E-state index in [1.54, 1.807) is 17.0 Å². The standard InChI is InChI=1S/C28H40FN5O3Si/c1-27(2,3)38(6,7)37-17-22-31-24(30-18-8-9-18)23-25(32-22)34(26(35)28(23,4)5)19-10-11-21(20(29)16-19)33-12-14-36-15-13-33/h10-11,16,18H,8-9,12-15,17H2,1-7H3,(H,30,31,32). The zero-order valence-electron chi connectivity index (χ0n) is 23.7. The molecule has 1 aromatic carbocycles. The van der Waals surface area contributed by atoms with Gasteiger partial charge in [-0.1, -0.05) is 20.8 Å². The average Bonchev–Trinajstić information content (AvgIpc) is 3.63. The lowest BCUT2D eigenvalue weighted by atomic mass is 9.87. The topological polar surface area (TPSA) is 79.8 Å². The maximum absolute atomic E-state index is 15.4. The third-order valence-corrected chi connectivity index (χ3v) is 12.8. The van der Waals surface area contributed by atoms with Gasteiger partial charge in [-0.25, -0.2) is 14.4 Å². The van der Waals surface area contributed by atoms with Crippen molar-refractivity contribution in [3.8, 4) is 0 Å². The Hall–Kier alpha value is -2.56. The smallest absolute Gasteiger partial charge is 0.243 e. The van der Waals surface area contributed by atoms with Crippen LogP contribution < -0.4 is 15.1 Å². The highest BCUT2D eigenvalue weighted by atomic mass is 28.4. The molecule has 0 unspecified atom stereocenters. The number of ether oxygens (including phenoxy) is 1. The Balaban J connectivity index is 1.54. The Kier molecular flexibility index (Phi) is 6.80. The zero-order chi connectivity index (χ0) is 27.5. The van der Waals surface area contributed by atoms with Gasteiger partial charge in [0.1, 0.15) is 17.5 Å². The van der Waals surface area contributed by atoms with Crippen molar-refractivity contribution in [2.75, 3.05) is 41.4 Å². The number of hydrogen-bond acceptors (Lipinski definition) is 7. The van der Waals surface area contributed by atoms with Crippen molar-refractivity contribution in [1.29, 1.82) is 0 Å². The fraction of sp³-hybridized carbons (Fsp3) is 0.607. The molecule has 10 heteroatoms. The molecule has 3 aliphatic rings. The first kappa shape index (κ1) is 27.0. The Morgan fingerprint density at radius 1 is 1.18 bits per heavy atom. The molecule has 8 nitrogen and oxygen atoms in total. The second-order valence-electron chi connectivity index (χ2n) is 12.7. The van der Waals surface area contributed by atoms with E-state index in [9.17, 15) is 4.79 Å². The summed E-state index contributed by atoms with van der Waals surface area (Å²) in [5.41, 5.74) is 0.863. The van der Waals surface area contributed by atoms with Gasteiger partial charge < -0.3 is 19.4 Å². The molecule has 1 saturated carbocycles. The highest BCUT2D eigenvalue weighted by molar-refractivity contribution is 6.74. The van der Waals surface area contributed by atoms with Crippen LogP contribution in [-0.4, -0.2) is 56.5 Å². The molecule has 0 bridgehead atoms. The monoisotopic (exact) mass is 541 g/mol. The molecule has 1 N–H and O–H groups in total. The van der Waals surface area contributed by atoms with E-state index in [0.29, 0.717) is 61.2 Å². The van der Waals surface area contributed by atoms with E-state index in [1.165, 1.54) is 6.07 Å². The van der Waals surface area contributed by atoms with Crippen molar-refractivity contribution in [3.05, 3.63) is 35.4 Å². The lowest BCUT2D eigenvalue weighted by molar-refractivity contribution is -0.121. The van der Waals surface area contributed by atoms with Crippen LogP contribution in [0.1, 0.15) is 58.8 Å². The molecule has 1 amide bonds. The number of nitrogens with zero attached hydrogens (tertiary/aromatic N) is 4. The summed E-state index contributed by atoms with van der Waals surface area (Å²) in [6.45, 7) is 17.4. The number of anilines is 4. The number of carbonyl (C=O) groups excluding carboxylic acids is 1. The minimum Gasteiger partial charge on any atom is -0.409 e. The Morgan fingerprint density at radius 3 is 2.47 bits per heavy atom. The van der Waals surface area contributed by atoms with Crippen LogP contribution in [0.5, 0.6) is 0 Å². The molecule has 206 valence electrons. The maximum atomic E-state index is 15.4. The van der Waals surface area contributed by atoms with Gasteiger partial charge in [-0.15, -0.1) is 0 Å². The second kappa shape index (κ2) is 9.57. The minimum absolute atomic E-state index is 0.0442. The summed E-state index contributed by atoms with van der Waals surface area (Å²) in [6.07, 6.45) is 2.14. The lowest BCUT2D eigenvalue weighted by Gasteiger charge is -2.36. The number of benzene rings is 1. The Morgan fingerprint density at radius 2 is 1.87 bits per heavy atom. The van der Waals surface area contributed by atoms with Gasteiger partial charge in [-0.05, 0) is 57.0 Å². The van der Waals surface area contributed by atoms with E-state index in [-0.39, 0.29) is 23.4 Å². The van der Waals surface area contributed by atoms with Crippen molar-refractivity contribution in [2.24, 2.45) is 0 Å². The Labute approximate surface area is 226 Å². The summed E-state index contributed by atoms with van der Waals surface area (Å²) in [4.78, 5) is 27.1. The van der Waals surface area contributed by atoms with Crippen LogP contribution in [-0.2, 0) is 26.0 Å². The number of amides is 1. The van der Waals surface area contributed by atoms with Crippen LogP contribution >= 0.6 is 0 Å². The molecule has 38 heavy (non-hydrogen) atoms. The van der Waals surface area contributed by atoms with Crippen LogP contribution in [0.3, 0.4) is 0 Å². The molecule has 5 rings (SSSR count). The van der Waals surface area contributed by atoms with Gasteiger partial charge in [0, 0.05) is 25.2 Å². The first-order valence-electron chi connectivity index (χ1n) is 13.6. The SMILES string of the molecule is CC1(C)C(=O)N(c2ccc(N3CCOCC3)c(F)c2)c2nc(CO[Si](C)(C)C(C)(C)C)nc(NC3CC3)c21. The van der Waals surface area contributed by atoms with E-state index in [4.69, 9.17) is 19.1 Å². The van der Waals surface area contributed by atoms with Crippen LogP contribution in [0, 0.1) is 5.82 Å². The third kappa shape index (κ3) is 4.93. The summed E-state index contributed by atoms with van der Waals surface area (Å²) >= 11 is 0.